The van der Waals surface area contributed by atoms with Crippen LogP contribution in [0.25, 0.3) is 0 Å². The minimum absolute atomic E-state index is 0.00373. The maximum Gasteiger partial charge on any atom is 0.251 e. The maximum atomic E-state index is 12.2. The summed E-state index contributed by atoms with van der Waals surface area (Å²) >= 11 is 0. The number of nitrogens with one attached hydrogen (secondary N) is 1. The van der Waals surface area contributed by atoms with Gasteiger partial charge in [-0.1, -0.05) is 6.92 Å². The number of hydrogen-bond acceptors (Lipinski definition) is 3. The molecule has 1 aromatic heterocycles. The summed E-state index contributed by atoms with van der Waals surface area (Å²) in [7, 11) is 0. The van der Waals surface area contributed by atoms with Crippen molar-refractivity contribution in [3.63, 3.8) is 0 Å². The highest BCUT2D eigenvalue weighted by molar-refractivity contribution is 5.94. The van der Waals surface area contributed by atoms with Crippen molar-refractivity contribution in [3.05, 3.63) is 29.6 Å². The lowest BCUT2D eigenvalue weighted by Crippen LogP contribution is -2.50. The van der Waals surface area contributed by atoms with E-state index in [2.05, 4.69) is 17.2 Å². The Morgan fingerprint density at radius 1 is 1.53 bits per heavy atom. The van der Waals surface area contributed by atoms with E-state index in [9.17, 15) is 4.79 Å². The largest absolute Gasteiger partial charge is 0.380 e. The zero-order chi connectivity index (χ0) is 13.3. The van der Waals surface area contributed by atoms with E-state index in [1.165, 1.54) is 12.8 Å². The normalized spacial score (nSPS) is 20.7. The summed E-state index contributed by atoms with van der Waals surface area (Å²) in [5.41, 5.74) is 1.94. The lowest BCUT2D eigenvalue weighted by molar-refractivity contribution is -0.111. The van der Waals surface area contributed by atoms with E-state index in [4.69, 9.17) is 4.74 Å². The second kappa shape index (κ2) is 4.93. The standard InChI is InChI=1S/C15H20N2O2/c1-2-15(9-19-10-15)8-17-14(18)12-5-6-16-13(7-12)11-3-4-11/h5-7,11H,2-4,8-10H2,1H3,(H,17,18). The zero-order valence-corrected chi connectivity index (χ0v) is 11.3. The van der Waals surface area contributed by atoms with Crippen LogP contribution in [0.3, 0.4) is 0 Å². The van der Waals surface area contributed by atoms with Gasteiger partial charge in [-0.25, -0.2) is 0 Å². The monoisotopic (exact) mass is 260 g/mol. The predicted molar refractivity (Wildman–Crippen MR) is 72.1 cm³/mol. The van der Waals surface area contributed by atoms with E-state index in [0.717, 1.165) is 30.9 Å². The fourth-order valence-corrected chi connectivity index (χ4v) is 2.38. The van der Waals surface area contributed by atoms with Crippen molar-refractivity contribution >= 4 is 5.91 Å². The van der Waals surface area contributed by atoms with Crippen LogP contribution in [0.1, 0.15) is 48.2 Å². The Morgan fingerprint density at radius 3 is 2.89 bits per heavy atom. The second-order valence-electron chi connectivity index (χ2n) is 5.77. The van der Waals surface area contributed by atoms with Gasteiger partial charge in [0, 0.05) is 35.3 Å². The molecule has 1 N–H and O–H groups in total. The number of pyridine rings is 1. The summed E-state index contributed by atoms with van der Waals surface area (Å²) in [5.74, 6) is 0.582. The Morgan fingerprint density at radius 2 is 2.32 bits per heavy atom. The van der Waals surface area contributed by atoms with Crippen LogP contribution >= 0.6 is 0 Å². The van der Waals surface area contributed by atoms with Crippen LogP contribution in [0, 0.1) is 5.41 Å². The molecule has 0 bridgehead atoms. The van der Waals surface area contributed by atoms with E-state index < -0.39 is 0 Å². The SMILES string of the molecule is CCC1(CNC(=O)c2ccnc(C3CC3)c2)COC1. The van der Waals surface area contributed by atoms with E-state index in [0.29, 0.717) is 12.5 Å². The molecular formula is C15H20N2O2. The Balaban J connectivity index is 1.61. The van der Waals surface area contributed by atoms with Crippen molar-refractivity contribution in [2.45, 2.75) is 32.1 Å². The molecule has 2 aliphatic rings. The summed E-state index contributed by atoms with van der Waals surface area (Å²) in [6.07, 6.45) is 5.18. The highest BCUT2D eigenvalue weighted by Gasteiger charge is 2.37. The molecule has 102 valence electrons. The Labute approximate surface area is 113 Å². The lowest BCUT2D eigenvalue weighted by Gasteiger charge is -2.40. The van der Waals surface area contributed by atoms with Crippen molar-refractivity contribution in [2.75, 3.05) is 19.8 Å². The average Bonchev–Trinajstić information content (AvgIpc) is 3.22. The number of nitrogens with zero attached hydrogens (tertiary/aromatic N) is 1. The molecule has 1 amide bonds. The van der Waals surface area contributed by atoms with Gasteiger partial charge in [0.25, 0.3) is 5.91 Å². The van der Waals surface area contributed by atoms with Crippen LogP contribution in [-0.2, 0) is 4.74 Å². The molecule has 1 saturated heterocycles. The molecule has 0 radical (unpaired) electrons. The van der Waals surface area contributed by atoms with E-state index in [1.54, 1.807) is 12.3 Å². The molecule has 4 nitrogen and oxygen atoms in total. The van der Waals surface area contributed by atoms with Gasteiger partial charge in [-0.3, -0.25) is 9.78 Å². The summed E-state index contributed by atoms with van der Waals surface area (Å²) in [6.45, 7) is 4.36. The number of hydrogen-bond donors (Lipinski definition) is 1. The van der Waals surface area contributed by atoms with Gasteiger partial charge in [0.15, 0.2) is 0 Å². The van der Waals surface area contributed by atoms with Gasteiger partial charge < -0.3 is 10.1 Å². The van der Waals surface area contributed by atoms with Crippen molar-refractivity contribution in [1.82, 2.24) is 10.3 Å². The Kier molecular flexibility index (Phi) is 3.27. The van der Waals surface area contributed by atoms with Crippen LogP contribution < -0.4 is 5.32 Å². The molecule has 3 rings (SSSR count). The van der Waals surface area contributed by atoms with E-state index >= 15 is 0 Å². The molecule has 1 aliphatic heterocycles. The van der Waals surface area contributed by atoms with Crippen LogP contribution in [0.4, 0.5) is 0 Å². The zero-order valence-electron chi connectivity index (χ0n) is 11.3. The topological polar surface area (TPSA) is 51.2 Å². The fourth-order valence-electron chi connectivity index (χ4n) is 2.38. The van der Waals surface area contributed by atoms with Crippen molar-refractivity contribution in [3.8, 4) is 0 Å². The highest BCUT2D eigenvalue weighted by atomic mass is 16.5. The molecule has 0 spiro atoms. The molecule has 0 unspecified atom stereocenters. The number of amides is 1. The molecule has 2 fully saturated rings. The molecule has 0 atom stereocenters. The van der Waals surface area contributed by atoms with Crippen molar-refractivity contribution in [2.24, 2.45) is 5.41 Å². The lowest BCUT2D eigenvalue weighted by atomic mass is 9.83. The van der Waals surface area contributed by atoms with Gasteiger partial charge in [-0.15, -0.1) is 0 Å². The summed E-state index contributed by atoms with van der Waals surface area (Å²) in [5, 5.41) is 3.03. The Hall–Kier alpha value is -1.42. The van der Waals surface area contributed by atoms with Gasteiger partial charge in [-0.05, 0) is 31.4 Å². The molecule has 1 aliphatic carbocycles. The summed E-state index contributed by atoms with van der Waals surface area (Å²) in [4.78, 5) is 16.5. The summed E-state index contributed by atoms with van der Waals surface area (Å²) in [6, 6.07) is 3.72. The Bertz CT molecular complexity index is 473. The third kappa shape index (κ3) is 2.63. The molecular weight excluding hydrogens is 240 g/mol. The van der Waals surface area contributed by atoms with Crippen LogP contribution in [0.5, 0.6) is 0 Å². The fraction of sp³-hybridized carbons (Fsp3) is 0.600. The van der Waals surface area contributed by atoms with E-state index in [-0.39, 0.29) is 11.3 Å². The molecule has 19 heavy (non-hydrogen) atoms. The van der Waals surface area contributed by atoms with Crippen LogP contribution in [0.15, 0.2) is 18.3 Å². The third-order valence-electron chi connectivity index (χ3n) is 4.23. The minimum Gasteiger partial charge on any atom is -0.380 e. The highest BCUT2D eigenvalue weighted by Crippen LogP contribution is 2.39. The van der Waals surface area contributed by atoms with E-state index in [1.807, 2.05) is 6.07 Å². The number of ether oxygens (including phenoxy) is 1. The number of carbonyl (C=O) groups excluding carboxylic acids is 1. The first-order valence-corrected chi connectivity index (χ1v) is 7.04. The first-order chi connectivity index (χ1) is 9.22. The molecule has 0 aromatic carbocycles. The molecule has 4 heteroatoms. The predicted octanol–water partition coefficient (Wildman–Crippen LogP) is 2.12. The van der Waals surface area contributed by atoms with Gasteiger partial charge in [-0.2, -0.15) is 0 Å². The second-order valence-corrected chi connectivity index (χ2v) is 5.77. The van der Waals surface area contributed by atoms with Gasteiger partial charge in [0.05, 0.1) is 13.2 Å². The van der Waals surface area contributed by atoms with Crippen LogP contribution in [0.2, 0.25) is 0 Å². The molecule has 2 heterocycles. The number of rotatable bonds is 5. The van der Waals surface area contributed by atoms with Gasteiger partial charge in [0.2, 0.25) is 0 Å². The van der Waals surface area contributed by atoms with Gasteiger partial charge >= 0.3 is 0 Å². The van der Waals surface area contributed by atoms with Crippen LogP contribution in [-0.4, -0.2) is 30.6 Å². The number of aromatic nitrogens is 1. The maximum absolute atomic E-state index is 12.2. The minimum atomic E-state index is 0.00373. The van der Waals surface area contributed by atoms with Crippen molar-refractivity contribution < 1.29 is 9.53 Å². The number of carbonyl (C=O) groups is 1. The van der Waals surface area contributed by atoms with Gasteiger partial charge in [0.1, 0.15) is 0 Å². The molecule has 1 saturated carbocycles. The summed E-state index contributed by atoms with van der Waals surface area (Å²) < 4.78 is 5.26. The smallest absolute Gasteiger partial charge is 0.251 e. The quantitative estimate of drug-likeness (QED) is 0.882. The average molecular weight is 260 g/mol. The molecule has 1 aromatic rings. The third-order valence-corrected chi connectivity index (χ3v) is 4.23. The van der Waals surface area contributed by atoms with Crippen molar-refractivity contribution in [1.29, 1.82) is 0 Å². The first-order valence-electron chi connectivity index (χ1n) is 7.04. The first kappa shape index (κ1) is 12.6.